The van der Waals surface area contributed by atoms with Crippen LogP contribution in [0.1, 0.15) is 28.3 Å². The van der Waals surface area contributed by atoms with Crippen LogP contribution in [-0.4, -0.2) is 31.9 Å². The number of benzene rings is 2. The van der Waals surface area contributed by atoms with Crippen molar-refractivity contribution in [2.45, 2.75) is 12.3 Å². The molecule has 0 bridgehead atoms. The molecular weight excluding hydrogens is 356 g/mol. The summed E-state index contributed by atoms with van der Waals surface area (Å²) in [6, 6.07) is 15.3. The summed E-state index contributed by atoms with van der Waals surface area (Å²) < 4.78 is 9.54. The zero-order valence-corrected chi connectivity index (χ0v) is 15.2. The van der Waals surface area contributed by atoms with Crippen molar-refractivity contribution in [2.24, 2.45) is 5.92 Å². The third-order valence-electron chi connectivity index (χ3n) is 4.11. The number of hydrogen-bond donors (Lipinski definition) is 0. The van der Waals surface area contributed by atoms with Gasteiger partial charge in [-0.2, -0.15) is 0 Å². The SMILES string of the molecule is COC(=O)C(C(=O)OC)C(CC(=O)c1ccccc1)c1ccc(Cl)cc1. The lowest BCUT2D eigenvalue weighted by Crippen LogP contribution is -2.33. The monoisotopic (exact) mass is 374 g/mol. The molecule has 136 valence electrons. The molecule has 2 aromatic rings. The number of ketones is 1. The maximum Gasteiger partial charge on any atom is 0.320 e. The average Bonchev–Trinajstić information content (AvgIpc) is 2.68. The molecule has 2 rings (SSSR count). The van der Waals surface area contributed by atoms with Crippen LogP contribution in [0.25, 0.3) is 0 Å². The van der Waals surface area contributed by atoms with Gasteiger partial charge in [-0.3, -0.25) is 14.4 Å². The molecule has 1 atom stereocenters. The van der Waals surface area contributed by atoms with Crippen molar-refractivity contribution in [1.82, 2.24) is 0 Å². The van der Waals surface area contributed by atoms with Crippen LogP contribution in [0.5, 0.6) is 0 Å². The quantitative estimate of drug-likeness (QED) is 0.420. The van der Waals surface area contributed by atoms with Gasteiger partial charge in [0.15, 0.2) is 11.7 Å². The molecule has 0 N–H and O–H groups in total. The summed E-state index contributed by atoms with van der Waals surface area (Å²) in [7, 11) is 2.38. The van der Waals surface area contributed by atoms with Crippen molar-refractivity contribution in [1.29, 1.82) is 0 Å². The number of rotatable bonds is 7. The fourth-order valence-electron chi connectivity index (χ4n) is 2.76. The van der Waals surface area contributed by atoms with Gasteiger partial charge in [0.05, 0.1) is 14.2 Å². The molecule has 0 aromatic heterocycles. The molecule has 2 aromatic carbocycles. The van der Waals surface area contributed by atoms with Crippen LogP contribution in [0.3, 0.4) is 0 Å². The molecule has 1 unspecified atom stereocenters. The lowest BCUT2D eigenvalue weighted by atomic mass is 9.81. The Morgan fingerprint density at radius 2 is 1.42 bits per heavy atom. The van der Waals surface area contributed by atoms with Crippen LogP contribution >= 0.6 is 11.6 Å². The van der Waals surface area contributed by atoms with Crippen molar-refractivity contribution in [2.75, 3.05) is 14.2 Å². The van der Waals surface area contributed by atoms with Crippen LogP contribution in [0.15, 0.2) is 54.6 Å². The highest BCUT2D eigenvalue weighted by molar-refractivity contribution is 6.30. The summed E-state index contributed by atoms with van der Waals surface area (Å²) >= 11 is 5.93. The Morgan fingerprint density at radius 1 is 0.885 bits per heavy atom. The van der Waals surface area contributed by atoms with Gasteiger partial charge in [-0.05, 0) is 17.7 Å². The summed E-state index contributed by atoms with van der Waals surface area (Å²) in [6.45, 7) is 0. The molecule has 0 fully saturated rings. The first-order valence-corrected chi connectivity index (χ1v) is 8.35. The highest BCUT2D eigenvalue weighted by Gasteiger charge is 2.39. The molecule has 5 nitrogen and oxygen atoms in total. The zero-order chi connectivity index (χ0) is 19.1. The summed E-state index contributed by atoms with van der Waals surface area (Å²) in [5.41, 5.74) is 1.12. The van der Waals surface area contributed by atoms with E-state index in [1.54, 1.807) is 54.6 Å². The van der Waals surface area contributed by atoms with E-state index in [4.69, 9.17) is 21.1 Å². The summed E-state index contributed by atoms with van der Waals surface area (Å²) in [5, 5.41) is 0.509. The van der Waals surface area contributed by atoms with Gasteiger partial charge in [-0.15, -0.1) is 0 Å². The minimum atomic E-state index is -1.25. The Hall–Kier alpha value is -2.66. The topological polar surface area (TPSA) is 69.7 Å². The largest absolute Gasteiger partial charge is 0.468 e. The first-order valence-electron chi connectivity index (χ1n) is 7.97. The van der Waals surface area contributed by atoms with Gasteiger partial charge >= 0.3 is 11.9 Å². The number of carbonyl (C=O) groups excluding carboxylic acids is 3. The van der Waals surface area contributed by atoms with Crippen molar-refractivity contribution in [3.05, 3.63) is 70.7 Å². The number of esters is 2. The molecule has 6 heteroatoms. The van der Waals surface area contributed by atoms with E-state index in [1.165, 1.54) is 14.2 Å². The van der Waals surface area contributed by atoms with Crippen molar-refractivity contribution in [3.8, 4) is 0 Å². The molecule has 0 spiro atoms. The second-order valence-electron chi connectivity index (χ2n) is 5.68. The van der Waals surface area contributed by atoms with E-state index in [-0.39, 0.29) is 12.2 Å². The van der Waals surface area contributed by atoms with E-state index in [2.05, 4.69) is 0 Å². The van der Waals surface area contributed by atoms with E-state index >= 15 is 0 Å². The Balaban J connectivity index is 2.43. The van der Waals surface area contributed by atoms with Gasteiger partial charge in [0, 0.05) is 22.9 Å². The fourth-order valence-corrected chi connectivity index (χ4v) is 2.88. The third kappa shape index (κ3) is 4.70. The first-order chi connectivity index (χ1) is 12.5. The van der Waals surface area contributed by atoms with E-state index in [0.717, 1.165) is 0 Å². The van der Waals surface area contributed by atoms with Gasteiger partial charge in [-0.1, -0.05) is 54.1 Å². The second-order valence-corrected chi connectivity index (χ2v) is 6.11. The smallest absolute Gasteiger partial charge is 0.320 e. The highest BCUT2D eigenvalue weighted by atomic mass is 35.5. The number of methoxy groups -OCH3 is 2. The van der Waals surface area contributed by atoms with Crippen LogP contribution in [0, 0.1) is 5.92 Å². The maximum atomic E-state index is 12.7. The second kappa shape index (κ2) is 9.15. The lowest BCUT2D eigenvalue weighted by Gasteiger charge is -2.23. The molecular formula is C20H19ClO5. The highest BCUT2D eigenvalue weighted by Crippen LogP contribution is 2.32. The van der Waals surface area contributed by atoms with Crippen LogP contribution in [-0.2, 0) is 19.1 Å². The van der Waals surface area contributed by atoms with E-state index in [0.29, 0.717) is 16.1 Å². The Bertz CT molecular complexity index is 755. The van der Waals surface area contributed by atoms with Crippen LogP contribution in [0.4, 0.5) is 0 Å². The number of hydrogen-bond acceptors (Lipinski definition) is 5. The molecule has 0 radical (unpaired) electrons. The number of halogens is 1. The minimum absolute atomic E-state index is 0.0550. The van der Waals surface area contributed by atoms with Gasteiger partial charge in [0.2, 0.25) is 0 Å². The van der Waals surface area contributed by atoms with E-state index in [1.807, 2.05) is 0 Å². The fraction of sp³-hybridized carbons (Fsp3) is 0.250. The molecule has 0 aliphatic rings. The van der Waals surface area contributed by atoms with Gasteiger partial charge in [0.1, 0.15) is 0 Å². The van der Waals surface area contributed by atoms with Gasteiger partial charge in [0.25, 0.3) is 0 Å². The normalized spacial score (nSPS) is 11.7. The molecule has 0 amide bonds. The van der Waals surface area contributed by atoms with Crippen molar-refractivity contribution in [3.63, 3.8) is 0 Å². The van der Waals surface area contributed by atoms with E-state index < -0.39 is 23.8 Å². The Labute approximate surface area is 156 Å². The number of carbonyl (C=O) groups is 3. The summed E-state index contributed by atoms with van der Waals surface area (Å²) in [5.74, 6) is -3.68. The molecule has 0 saturated carbocycles. The minimum Gasteiger partial charge on any atom is -0.468 e. The van der Waals surface area contributed by atoms with Crippen molar-refractivity contribution >= 4 is 29.3 Å². The molecule has 0 aliphatic heterocycles. The van der Waals surface area contributed by atoms with Crippen molar-refractivity contribution < 1.29 is 23.9 Å². The zero-order valence-electron chi connectivity index (χ0n) is 14.5. The third-order valence-corrected chi connectivity index (χ3v) is 4.36. The lowest BCUT2D eigenvalue weighted by molar-refractivity contribution is -0.159. The molecule has 0 saturated heterocycles. The Morgan fingerprint density at radius 3 is 1.92 bits per heavy atom. The average molecular weight is 375 g/mol. The maximum absolute atomic E-state index is 12.7. The molecule has 26 heavy (non-hydrogen) atoms. The standard InChI is InChI=1S/C20H19ClO5/c1-25-19(23)18(20(24)26-2)16(13-8-10-15(21)11-9-13)12-17(22)14-6-4-3-5-7-14/h3-11,16,18H,12H2,1-2H3. The van der Waals surface area contributed by atoms with Gasteiger partial charge in [-0.25, -0.2) is 0 Å². The van der Waals surface area contributed by atoms with Crippen LogP contribution in [0.2, 0.25) is 5.02 Å². The number of Topliss-reactive ketones (excluding diaryl/α,β-unsaturated/α-hetero) is 1. The van der Waals surface area contributed by atoms with Crippen LogP contribution < -0.4 is 0 Å². The summed E-state index contributed by atoms with van der Waals surface area (Å²) in [4.78, 5) is 37.2. The Kier molecular flexibility index (Phi) is 6.92. The summed E-state index contributed by atoms with van der Waals surface area (Å²) in [6.07, 6.45) is -0.0550. The predicted molar refractivity (Wildman–Crippen MR) is 97.1 cm³/mol. The number of ether oxygens (including phenoxy) is 2. The molecule has 0 aliphatic carbocycles. The first kappa shape index (κ1) is 19.7. The molecule has 0 heterocycles. The van der Waals surface area contributed by atoms with Gasteiger partial charge < -0.3 is 9.47 Å². The van der Waals surface area contributed by atoms with E-state index in [9.17, 15) is 14.4 Å². The predicted octanol–water partition coefficient (Wildman–Crippen LogP) is 3.66.